The van der Waals surface area contributed by atoms with Crippen LogP contribution in [0.4, 0.5) is 0 Å². The summed E-state index contributed by atoms with van der Waals surface area (Å²) >= 11 is 1.38. The van der Waals surface area contributed by atoms with Crippen molar-refractivity contribution in [2.45, 2.75) is 6.92 Å². The summed E-state index contributed by atoms with van der Waals surface area (Å²) in [5, 5.41) is 1.85. The summed E-state index contributed by atoms with van der Waals surface area (Å²) in [5.41, 5.74) is 3.01. The Morgan fingerprint density at radius 2 is 2.06 bits per heavy atom. The second-order valence-corrected chi connectivity index (χ2v) is 4.19. The zero-order chi connectivity index (χ0) is 11.5. The van der Waals surface area contributed by atoms with Gasteiger partial charge in [0.15, 0.2) is 0 Å². The average molecular weight is 271 g/mol. The van der Waals surface area contributed by atoms with Crippen LogP contribution in [0.5, 0.6) is 0 Å². The smallest absolute Gasteiger partial charge is 0.235 e. The van der Waals surface area contributed by atoms with E-state index < -0.39 is 0 Å². The van der Waals surface area contributed by atoms with E-state index in [9.17, 15) is 9.59 Å². The van der Waals surface area contributed by atoms with Crippen molar-refractivity contribution < 1.29 is 9.59 Å². The predicted molar refractivity (Wildman–Crippen MR) is 69.5 cm³/mol. The van der Waals surface area contributed by atoms with Crippen molar-refractivity contribution in [3.63, 3.8) is 0 Å². The van der Waals surface area contributed by atoms with Crippen molar-refractivity contribution in [1.82, 2.24) is 4.68 Å². The minimum atomic E-state index is -0.212. The third-order valence-corrected chi connectivity index (χ3v) is 2.87. The highest BCUT2D eigenvalue weighted by Crippen LogP contribution is 2.14. The van der Waals surface area contributed by atoms with Crippen molar-refractivity contribution >= 4 is 35.4 Å². The molecular weight excluding hydrogens is 260 g/mol. The summed E-state index contributed by atoms with van der Waals surface area (Å²) in [6, 6.07) is 6.98. The van der Waals surface area contributed by atoms with E-state index in [1.54, 1.807) is 24.4 Å². The Morgan fingerprint density at radius 1 is 1.29 bits per heavy atom. The number of hydrogen-bond acceptors (Lipinski definition) is 3. The molecule has 0 bridgehead atoms. The molecule has 2 rings (SSSR count). The second kappa shape index (κ2) is 5.65. The predicted octanol–water partition coefficient (Wildman–Crippen LogP) is 2.29. The molecule has 0 fully saturated rings. The largest absolute Gasteiger partial charge is 0.286 e. The molecule has 2 aromatic heterocycles. The fourth-order valence-corrected chi connectivity index (χ4v) is 2.04. The van der Waals surface area contributed by atoms with Crippen LogP contribution < -0.4 is 5.43 Å². The number of halogens is 1. The van der Waals surface area contributed by atoms with Gasteiger partial charge < -0.3 is 0 Å². The van der Waals surface area contributed by atoms with E-state index in [2.05, 4.69) is 5.43 Å². The molecule has 0 aromatic carbocycles. The zero-order valence-electron chi connectivity index (χ0n) is 9.04. The van der Waals surface area contributed by atoms with Gasteiger partial charge >= 0.3 is 0 Å². The zero-order valence-corrected chi connectivity index (χ0v) is 10.7. The SMILES string of the molecule is CC(=O)Nn1cccc1C(=O)c1cccs1.Cl. The lowest BCUT2D eigenvalue weighted by Gasteiger charge is -2.07. The van der Waals surface area contributed by atoms with Crippen molar-refractivity contribution in [3.8, 4) is 0 Å². The number of nitrogens with zero attached hydrogens (tertiary/aromatic N) is 1. The number of carbonyl (C=O) groups excluding carboxylic acids is 2. The van der Waals surface area contributed by atoms with Crippen LogP contribution in [0.2, 0.25) is 0 Å². The van der Waals surface area contributed by atoms with E-state index in [0.29, 0.717) is 10.6 Å². The highest BCUT2D eigenvalue weighted by molar-refractivity contribution is 7.12. The number of nitrogens with one attached hydrogen (secondary N) is 1. The van der Waals surface area contributed by atoms with Gasteiger partial charge in [0, 0.05) is 13.1 Å². The second-order valence-electron chi connectivity index (χ2n) is 3.24. The van der Waals surface area contributed by atoms with Gasteiger partial charge in [0.2, 0.25) is 11.7 Å². The molecular formula is C11H11ClN2O2S. The molecule has 17 heavy (non-hydrogen) atoms. The fourth-order valence-electron chi connectivity index (χ4n) is 1.37. The van der Waals surface area contributed by atoms with Gasteiger partial charge in [0.05, 0.1) is 4.88 Å². The summed E-state index contributed by atoms with van der Waals surface area (Å²) in [6.07, 6.45) is 1.64. The molecule has 6 heteroatoms. The summed E-state index contributed by atoms with van der Waals surface area (Å²) in [6.45, 7) is 1.40. The van der Waals surface area contributed by atoms with Crippen LogP contribution in [0.25, 0.3) is 0 Å². The minimum Gasteiger partial charge on any atom is -0.286 e. The Bertz CT molecular complexity index is 519. The lowest BCUT2D eigenvalue weighted by molar-refractivity contribution is -0.115. The normalized spacial score (nSPS) is 9.47. The number of hydrogen-bond donors (Lipinski definition) is 1. The van der Waals surface area contributed by atoms with Gasteiger partial charge in [0.1, 0.15) is 5.69 Å². The summed E-state index contributed by atoms with van der Waals surface area (Å²) in [4.78, 5) is 23.6. The number of aromatic nitrogens is 1. The topological polar surface area (TPSA) is 51.1 Å². The van der Waals surface area contributed by atoms with Gasteiger partial charge in [-0.3, -0.25) is 19.7 Å². The molecule has 90 valence electrons. The molecule has 0 aliphatic rings. The fraction of sp³-hybridized carbons (Fsp3) is 0.0909. The molecule has 0 radical (unpaired) electrons. The third kappa shape index (κ3) is 2.95. The van der Waals surface area contributed by atoms with E-state index >= 15 is 0 Å². The van der Waals surface area contributed by atoms with Crippen molar-refractivity contribution in [2.75, 3.05) is 5.43 Å². The van der Waals surface area contributed by atoms with Crippen LogP contribution in [0.15, 0.2) is 35.8 Å². The van der Waals surface area contributed by atoms with E-state index in [4.69, 9.17) is 0 Å². The molecule has 4 nitrogen and oxygen atoms in total. The Labute approximate surface area is 109 Å². The van der Waals surface area contributed by atoms with Gasteiger partial charge in [-0.05, 0) is 23.6 Å². The highest BCUT2D eigenvalue weighted by atomic mass is 35.5. The number of carbonyl (C=O) groups is 2. The van der Waals surface area contributed by atoms with Crippen molar-refractivity contribution in [1.29, 1.82) is 0 Å². The first kappa shape index (κ1) is 13.5. The Kier molecular flexibility index (Phi) is 4.48. The molecule has 1 amide bonds. The van der Waals surface area contributed by atoms with E-state index in [-0.39, 0.29) is 24.1 Å². The Hall–Kier alpha value is -1.59. The van der Waals surface area contributed by atoms with Crippen molar-refractivity contribution in [3.05, 3.63) is 46.4 Å². The van der Waals surface area contributed by atoms with E-state index in [1.807, 2.05) is 11.4 Å². The molecule has 2 heterocycles. The summed E-state index contributed by atoms with van der Waals surface area (Å²) in [5.74, 6) is -0.301. The van der Waals surface area contributed by atoms with Crippen LogP contribution in [-0.2, 0) is 4.79 Å². The lowest BCUT2D eigenvalue weighted by atomic mass is 10.2. The molecule has 0 saturated heterocycles. The molecule has 2 aromatic rings. The van der Waals surface area contributed by atoms with Crippen LogP contribution in [-0.4, -0.2) is 16.4 Å². The van der Waals surface area contributed by atoms with Crippen LogP contribution in [0, 0.1) is 0 Å². The Balaban J connectivity index is 0.00000144. The van der Waals surface area contributed by atoms with Gasteiger partial charge in [-0.25, -0.2) is 0 Å². The van der Waals surface area contributed by atoms with Gasteiger partial charge in [-0.15, -0.1) is 23.7 Å². The molecule has 0 aliphatic heterocycles. The number of thiophene rings is 1. The maximum atomic E-state index is 12.0. The molecule has 0 unspecified atom stereocenters. The first-order valence-corrected chi connectivity index (χ1v) is 5.59. The maximum Gasteiger partial charge on any atom is 0.235 e. The van der Waals surface area contributed by atoms with Gasteiger partial charge in [-0.1, -0.05) is 6.07 Å². The summed E-state index contributed by atoms with van der Waals surface area (Å²) < 4.78 is 1.43. The number of rotatable bonds is 3. The standard InChI is InChI=1S/C11H10N2O2S.ClH/c1-8(14)12-13-6-2-4-9(13)11(15)10-5-3-7-16-10;/h2-7H,1H3,(H,12,14);1H. The quantitative estimate of drug-likeness (QED) is 0.870. The first-order chi connectivity index (χ1) is 7.68. The molecule has 0 aliphatic carbocycles. The summed E-state index contributed by atoms with van der Waals surface area (Å²) in [7, 11) is 0. The molecule has 0 spiro atoms. The number of amides is 1. The van der Waals surface area contributed by atoms with Gasteiger partial charge in [-0.2, -0.15) is 0 Å². The third-order valence-electron chi connectivity index (χ3n) is 2.00. The van der Waals surface area contributed by atoms with E-state index in [1.165, 1.54) is 22.9 Å². The van der Waals surface area contributed by atoms with Crippen LogP contribution in [0.3, 0.4) is 0 Å². The van der Waals surface area contributed by atoms with Crippen LogP contribution >= 0.6 is 23.7 Å². The van der Waals surface area contributed by atoms with Crippen LogP contribution in [0.1, 0.15) is 22.3 Å². The maximum absolute atomic E-state index is 12.0. The molecule has 0 saturated carbocycles. The highest BCUT2D eigenvalue weighted by Gasteiger charge is 2.14. The monoisotopic (exact) mass is 270 g/mol. The minimum absolute atomic E-state index is 0. The van der Waals surface area contributed by atoms with E-state index in [0.717, 1.165) is 0 Å². The average Bonchev–Trinajstić information content (AvgIpc) is 2.84. The lowest BCUT2D eigenvalue weighted by Crippen LogP contribution is -2.22. The first-order valence-electron chi connectivity index (χ1n) is 4.71. The molecule has 0 atom stereocenters. The van der Waals surface area contributed by atoms with Gasteiger partial charge in [0.25, 0.3) is 0 Å². The Morgan fingerprint density at radius 3 is 2.65 bits per heavy atom. The number of ketones is 1. The molecule has 1 N–H and O–H groups in total. The van der Waals surface area contributed by atoms with Crippen molar-refractivity contribution in [2.24, 2.45) is 0 Å².